The Bertz CT molecular complexity index is 313. The average molecular weight is 227 g/mol. The summed E-state index contributed by atoms with van der Waals surface area (Å²) in [6.45, 7) is 1.74. The monoisotopic (exact) mass is 226 g/mol. The van der Waals surface area contributed by atoms with Crippen LogP contribution >= 0.6 is 11.6 Å². The number of nitrogens with one attached hydrogen (secondary N) is 1. The first-order chi connectivity index (χ1) is 7.34. The molecule has 82 valence electrons. The zero-order valence-electron chi connectivity index (χ0n) is 8.58. The highest BCUT2D eigenvalue weighted by molar-refractivity contribution is 6.29. The van der Waals surface area contributed by atoms with Crippen molar-refractivity contribution in [3.63, 3.8) is 0 Å². The van der Waals surface area contributed by atoms with Crippen molar-refractivity contribution in [3.8, 4) is 0 Å². The summed E-state index contributed by atoms with van der Waals surface area (Å²) in [5, 5.41) is 3.82. The summed E-state index contributed by atoms with van der Waals surface area (Å²) < 4.78 is 5.62. The van der Waals surface area contributed by atoms with E-state index in [4.69, 9.17) is 16.3 Å². The van der Waals surface area contributed by atoms with Gasteiger partial charge in [0.1, 0.15) is 5.15 Å². The number of hydrogen-bond acceptors (Lipinski definition) is 3. The minimum Gasteiger partial charge on any atom is -0.382 e. The topological polar surface area (TPSA) is 34.1 Å². The van der Waals surface area contributed by atoms with Crippen LogP contribution in [0.5, 0.6) is 0 Å². The third kappa shape index (κ3) is 3.36. The SMILES string of the molecule is Clc1cc(NCC2CCCCO2)ccn1. The van der Waals surface area contributed by atoms with Gasteiger partial charge in [0.05, 0.1) is 6.10 Å². The third-order valence-corrected chi connectivity index (χ3v) is 2.74. The molecule has 0 aromatic carbocycles. The number of hydrogen-bond donors (Lipinski definition) is 1. The number of rotatable bonds is 3. The van der Waals surface area contributed by atoms with Gasteiger partial charge in [-0.25, -0.2) is 4.98 Å². The van der Waals surface area contributed by atoms with Crippen molar-refractivity contribution in [2.75, 3.05) is 18.5 Å². The smallest absolute Gasteiger partial charge is 0.131 e. The molecule has 1 aromatic rings. The van der Waals surface area contributed by atoms with Gasteiger partial charge in [0, 0.05) is 25.0 Å². The molecule has 1 aliphatic heterocycles. The molecular formula is C11H15ClN2O. The highest BCUT2D eigenvalue weighted by Gasteiger charge is 2.12. The van der Waals surface area contributed by atoms with Gasteiger partial charge in [-0.2, -0.15) is 0 Å². The molecule has 0 spiro atoms. The number of nitrogens with zero attached hydrogens (tertiary/aromatic N) is 1. The highest BCUT2D eigenvalue weighted by atomic mass is 35.5. The summed E-state index contributed by atoms with van der Waals surface area (Å²) in [5.41, 5.74) is 1.00. The Hall–Kier alpha value is -0.800. The van der Waals surface area contributed by atoms with Gasteiger partial charge in [-0.1, -0.05) is 11.6 Å². The largest absolute Gasteiger partial charge is 0.382 e. The molecule has 1 fully saturated rings. The molecule has 1 N–H and O–H groups in total. The quantitative estimate of drug-likeness (QED) is 0.805. The highest BCUT2D eigenvalue weighted by Crippen LogP contribution is 2.15. The fourth-order valence-corrected chi connectivity index (χ4v) is 1.89. The first-order valence-corrected chi connectivity index (χ1v) is 5.69. The number of anilines is 1. The Labute approximate surface area is 94.8 Å². The summed E-state index contributed by atoms with van der Waals surface area (Å²) >= 11 is 5.78. The van der Waals surface area contributed by atoms with Crippen LogP contribution in [-0.2, 0) is 4.74 Å². The average Bonchev–Trinajstić information content (AvgIpc) is 2.28. The van der Waals surface area contributed by atoms with Crippen molar-refractivity contribution in [3.05, 3.63) is 23.5 Å². The summed E-state index contributed by atoms with van der Waals surface area (Å²) in [5.74, 6) is 0. The molecule has 15 heavy (non-hydrogen) atoms. The first kappa shape index (κ1) is 10.7. The first-order valence-electron chi connectivity index (χ1n) is 5.31. The van der Waals surface area contributed by atoms with E-state index in [9.17, 15) is 0 Å². The second kappa shape index (κ2) is 5.33. The number of halogens is 1. The van der Waals surface area contributed by atoms with E-state index >= 15 is 0 Å². The van der Waals surface area contributed by atoms with Crippen molar-refractivity contribution in [2.24, 2.45) is 0 Å². The van der Waals surface area contributed by atoms with Gasteiger partial charge >= 0.3 is 0 Å². The van der Waals surface area contributed by atoms with Crippen molar-refractivity contribution < 1.29 is 4.74 Å². The van der Waals surface area contributed by atoms with Crippen molar-refractivity contribution in [2.45, 2.75) is 25.4 Å². The van der Waals surface area contributed by atoms with Crippen LogP contribution in [0.1, 0.15) is 19.3 Å². The number of ether oxygens (including phenoxy) is 1. The molecule has 0 radical (unpaired) electrons. The van der Waals surface area contributed by atoms with Crippen LogP contribution in [0.2, 0.25) is 5.15 Å². The molecule has 0 aliphatic carbocycles. The molecule has 2 rings (SSSR count). The van der Waals surface area contributed by atoms with Crippen molar-refractivity contribution in [1.82, 2.24) is 4.98 Å². The van der Waals surface area contributed by atoms with Gasteiger partial charge in [0.2, 0.25) is 0 Å². The Balaban J connectivity index is 1.81. The minimum absolute atomic E-state index is 0.339. The molecule has 3 nitrogen and oxygen atoms in total. The fourth-order valence-electron chi connectivity index (χ4n) is 1.71. The maximum Gasteiger partial charge on any atom is 0.131 e. The lowest BCUT2D eigenvalue weighted by Gasteiger charge is -2.23. The van der Waals surface area contributed by atoms with Crippen LogP contribution in [0.4, 0.5) is 5.69 Å². The van der Waals surface area contributed by atoms with Crippen LogP contribution in [0.25, 0.3) is 0 Å². The zero-order valence-corrected chi connectivity index (χ0v) is 9.33. The molecule has 4 heteroatoms. The summed E-state index contributed by atoms with van der Waals surface area (Å²) in [4.78, 5) is 3.93. The fraction of sp³-hybridized carbons (Fsp3) is 0.545. The molecule has 1 unspecified atom stereocenters. The van der Waals surface area contributed by atoms with E-state index in [0.717, 1.165) is 25.3 Å². The van der Waals surface area contributed by atoms with Crippen LogP contribution in [0.15, 0.2) is 18.3 Å². The maximum absolute atomic E-state index is 5.78. The van der Waals surface area contributed by atoms with E-state index in [-0.39, 0.29) is 0 Å². The lowest BCUT2D eigenvalue weighted by Crippen LogP contribution is -2.26. The van der Waals surface area contributed by atoms with Crippen LogP contribution < -0.4 is 5.32 Å². The Morgan fingerprint density at radius 2 is 2.47 bits per heavy atom. The summed E-state index contributed by atoms with van der Waals surface area (Å²) in [6.07, 6.45) is 5.64. The van der Waals surface area contributed by atoms with Gasteiger partial charge in [-0.05, 0) is 31.4 Å². The van der Waals surface area contributed by atoms with Crippen LogP contribution in [-0.4, -0.2) is 24.2 Å². The zero-order chi connectivity index (χ0) is 10.5. The Kier molecular flexibility index (Phi) is 3.80. The standard InChI is InChI=1S/C11H15ClN2O/c12-11-7-9(4-5-13-11)14-8-10-3-1-2-6-15-10/h4-5,7,10H,1-3,6,8H2,(H,13,14). The molecule has 1 saturated heterocycles. The van der Waals surface area contributed by atoms with E-state index in [1.54, 1.807) is 6.20 Å². The second-order valence-corrected chi connectivity index (χ2v) is 4.12. The lowest BCUT2D eigenvalue weighted by atomic mass is 10.1. The van der Waals surface area contributed by atoms with E-state index in [1.807, 2.05) is 12.1 Å². The Morgan fingerprint density at radius 1 is 1.53 bits per heavy atom. The van der Waals surface area contributed by atoms with Gasteiger partial charge in [0.25, 0.3) is 0 Å². The third-order valence-electron chi connectivity index (χ3n) is 2.53. The minimum atomic E-state index is 0.339. The number of aromatic nitrogens is 1. The van der Waals surface area contributed by atoms with E-state index in [1.165, 1.54) is 12.8 Å². The van der Waals surface area contributed by atoms with Gasteiger partial charge in [-0.3, -0.25) is 0 Å². The predicted molar refractivity (Wildman–Crippen MR) is 61.3 cm³/mol. The molecule has 1 aliphatic rings. The van der Waals surface area contributed by atoms with Crippen LogP contribution in [0, 0.1) is 0 Å². The van der Waals surface area contributed by atoms with E-state index in [0.29, 0.717) is 11.3 Å². The Morgan fingerprint density at radius 3 is 3.20 bits per heavy atom. The molecule has 0 saturated carbocycles. The van der Waals surface area contributed by atoms with Gasteiger partial charge < -0.3 is 10.1 Å². The molecular weight excluding hydrogens is 212 g/mol. The summed E-state index contributed by atoms with van der Waals surface area (Å²) in [7, 11) is 0. The second-order valence-electron chi connectivity index (χ2n) is 3.74. The molecule has 1 aromatic heterocycles. The van der Waals surface area contributed by atoms with E-state index < -0.39 is 0 Å². The molecule has 2 heterocycles. The molecule has 0 bridgehead atoms. The van der Waals surface area contributed by atoms with E-state index in [2.05, 4.69) is 10.3 Å². The van der Waals surface area contributed by atoms with Crippen molar-refractivity contribution >= 4 is 17.3 Å². The van der Waals surface area contributed by atoms with Crippen LogP contribution in [0.3, 0.4) is 0 Å². The van der Waals surface area contributed by atoms with Gasteiger partial charge in [0.15, 0.2) is 0 Å². The molecule has 0 amide bonds. The summed E-state index contributed by atoms with van der Waals surface area (Å²) in [6, 6.07) is 3.74. The maximum atomic E-state index is 5.78. The van der Waals surface area contributed by atoms with Crippen molar-refractivity contribution in [1.29, 1.82) is 0 Å². The molecule has 1 atom stereocenters. The number of pyridine rings is 1. The lowest BCUT2D eigenvalue weighted by molar-refractivity contribution is 0.0247. The van der Waals surface area contributed by atoms with Gasteiger partial charge in [-0.15, -0.1) is 0 Å². The predicted octanol–water partition coefficient (Wildman–Crippen LogP) is 2.72. The normalized spacial score (nSPS) is 21.3.